The third kappa shape index (κ3) is 2.08. The molecule has 0 aliphatic rings. The second-order valence-electron chi connectivity index (χ2n) is 2.15. The van der Waals surface area contributed by atoms with Crippen molar-refractivity contribution in [3.05, 3.63) is 41.1 Å². The Morgan fingerprint density at radius 1 is 1.58 bits per heavy atom. The second-order valence-corrected chi connectivity index (χ2v) is 2.94. The third-order valence-corrected chi connectivity index (χ3v) is 2.04. The van der Waals surface area contributed by atoms with Gasteiger partial charge in [0.1, 0.15) is 18.2 Å². The average molecular weight is 231 g/mol. The van der Waals surface area contributed by atoms with Crippen LogP contribution in [0.2, 0.25) is 0 Å². The van der Waals surface area contributed by atoms with Crippen LogP contribution in [0.5, 0.6) is 5.75 Å². The maximum Gasteiger partial charge on any atom is 0.141 e. The number of rotatable bonds is 3. The highest BCUT2D eigenvalue weighted by Crippen LogP contribution is 2.27. The highest BCUT2D eigenvalue weighted by atomic mass is 79.9. The van der Waals surface area contributed by atoms with Gasteiger partial charge in [-0.25, -0.2) is 4.39 Å². The Balaban J connectivity index is 2.84. The van der Waals surface area contributed by atoms with E-state index in [-0.39, 0.29) is 5.82 Å². The van der Waals surface area contributed by atoms with Gasteiger partial charge in [-0.1, -0.05) is 18.7 Å². The Morgan fingerprint density at radius 2 is 2.33 bits per heavy atom. The summed E-state index contributed by atoms with van der Waals surface area (Å²) in [4.78, 5) is 0. The minimum Gasteiger partial charge on any atom is -0.488 e. The normalized spacial score (nSPS) is 9.50. The van der Waals surface area contributed by atoms with Crippen LogP contribution in [-0.4, -0.2) is 6.61 Å². The molecule has 0 fully saturated rings. The van der Waals surface area contributed by atoms with Crippen molar-refractivity contribution in [2.75, 3.05) is 6.61 Å². The minimum atomic E-state index is -0.323. The van der Waals surface area contributed by atoms with E-state index in [2.05, 4.69) is 22.5 Å². The van der Waals surface area contributed by atoms with Crippen LogP contribution in [0.3, 0.4) is 0 Å². The van der Waals surface area contributed by atoms with Crippen LogP contribution in [0.4, 0.5) is 4.39 Å². The molecule has 0 unspecified atom stereocenters. The maximum atomic E-state index is 12.9. The maximum absolute atomic E-state index is 12.9. The van der Waals surface area contributed by atoms with Gasteiger partial charge in [0.05, 0.1) is 4.47 Å². The van der Waals surface area contributed by atoms with Gasteiger partial charge in [-0.3, -0.25) is 0 Å². The zero-order valence-electron chi connectivity index (χ0n) is 6.39. The van der Waals surface area contributed by atoms with Gasteiger partial charge < -0.3 is 4.74 Å². The van der Waals surface area contributed by atoms with E-state index >= 15 is 0 Å². The summed E-state index contributed by atoms with van der Waals surface area (Å²) in [6.45, 7) is 3.87. The number of hydrogen-bond donors (Lipinski definition) is 0. The van der Waals surface area contributed by atoms with E-state index < -0.39 is 0 Å². The third-order valence-electron chi connectivity index (χ3n) is 1.27. The van der Waals surface area contributed by atoms with Crippen molar-refractivity contribution in [1.82, 2.24) is 0 Å². The molecule has 0 aromatic heterocycles. The first-order valence-electron chi connectivity index (χ1n) is 3.43. The highest BCUT2D eigenvalue weighted by molar-refractivity contribution is 9.10. The van der Waals surface area contributed by atoms with Crippen LogP contribution >= 0.6 is 15.9 Å². The molecule has 1 rings (SSSR count). The number of halogens is 2. The summed E-state index contributed by atoms with van der Waals surface area (Å²) in [6, 6.07) is 4.65. The predicted molar refractivity (Wildman–Crippen MR) is 49.8 cm³/mol. The Hall–Kier alpha value is -0.830. The number of benzene rings is 1. The highest BCUT2D eigenvalue weighted by Gasteiger charge is 2.04. The lowest BCUT2D eigenvalue weighted by atomic mass is 10.3. The summed E-state index contributed by atoms with van der Waals surface area (Å²) in [7, 11) is 0. The topological polar surface area (TPSA) is 9.23 Å². The minimum absolute atomic E-state index is 0.323. The first-order chi connectivity index (χ1) is 5.75. The molecule has 0 N–H and O–H groups in total. The van der Waals surface area contributed by atoms with Crippen molar-refractivity contribution in [3.63, 3.8) is 0 Å². The van der Waals surface area contributed by atoms with E-state index in [1.165, 1.54) is 6.07 Å². The van der Waals surface area contributed by atoms with Gasteiger partial charge in [0.25, 0.3) is 0 Å². The van der Waals surface area contributed by atoms with Gasteiger partial charge in [-0.15, -0.1) is 0 Å². The number of ether oxygens (including phenoxy) is 1. The van der Waals surface area contributed by atoms with Gasteiger partial charge in [0.15, 0.2) is 0 Å². The molecule has 0 saturated carbocycles. The van der Waals surface area contributed by atoms with Gasteiger partial charge >= 0.3 is 0 Å². The molecule has 1 nitrogen and oxygen atoms in total. The zero-order valence-corrected chi connectivity index (χ0v) is 7.97. The molecule has 0 aliphatic carbocycles. The van der Waals surface area contributed by atoms with Crippen LogP contribution < -0.4 is 4.74 Å². The quantitative estimate of drug-likeness (QED) is 0.726. The van der Waals surface area contributed by atoms with Crippen LogP contribution in [-0.2, 0) is 0 Å². The van der Waals surface area contributed by atoms with Crippen LogP contribution in [0.25, 0.3) is 0 Å². The number of hydrogen-bond acceptors (Lipinski definition) is 1. The van der Waals surface area contributed by atoms with Gasteiger partial charge in [0, 0.05) is 0 Å². The van der Waals surface area contributed by atoms with E-state index in [0.717, 1.165) is 0 Å². The summed E-state index contributed by atoms with van der Waals surface area (Å²) < 4.78 is 18.4. The zero-order chi connectivity index (χ0) is 8.97. The van der Waals surface area contributed by atoms with Crippen molar-refractivity contribution >= 4 is 15.9 Å². The first kappa shape index (κ1) is 9.26. The standard InChI is InChI=1S/C9H8BrFO/c1-2-6-12-8-5-3-4-7(11)9(8)10/h2-5H,1,6H2. The van der Waals surface area contributed by atoms with E-state index in [0.29, 0.717) is 16.8 Å². The fourth-order valence-corrected chi connectivity index (χ4v) is 1.12. The molecule has 12 heavy (non-hydrogen) atoms. The lowest BCUT2D eigenvalue weighted by molar-refractivity contribution is 0.358. The van der Waals surface area contributed by atoms with Gasteiger partial charge in [-0.2, -0.15) is 0 Å². The molecule has 0 saturated heterocycles. The summed E-state index contributed by atoms with van der Waals surface area (Å²) in [6.07, 6.45) is 1.61. The molecule has 0 amide bonds. The van der Waals surface area contributed by atoms with Crippen LogP contribution in [0.1, 0.15) is 0 Å². The van der Waals surface area contributed by atoms with Crippen molar-refractivity contribution in [1.29, 1.82) is 0 Å². The summed E-state index contributed by atoms with van der Waals surface area (Å²) in [5, 5.41) is 0. The molecule has 0 heterocycles. The molecular formula is C9H8BrFO. The summed E-state index contributed by atoms with van der Waals surface area (Å²) in [5.74, 6) is 0.173. The lowest BCUT2D eigenvalue weighted by Gasteiger charge is -2.05. The SMILES string of the molecule is C=CCOc1cccc(F)c1Br. The fraction of sp³-hybridized carbons (Fsp3) is 0.111. The molecule has 0 bridgehead atoms. The monoisotopic (exact) mass is 230 g/mol. The molecule has 1 aromatic carbocycles. The summed E-state index contributed by atoms with van der Waals surface area (Å²) in [5.41, 5.74) is 0. The lowest BCUT2D eigenvalue weighted by Crippen LogP contribution is -1.94. The molecule has 1 aromatic rings. The molecule has 3 heteroatoms. The Morgan fingerprint density at radius 3 is 3.00 bits per heavy atom. The Kier molecular flexibility index (Phi) is 3.29. The molecule has 64 valence electrons. The molecule has 0 aliphatic heterocycles. The van der Waals surface area contributed by atoms with E-state index in [4.69, 9.17) is 4.74 Å². The van der Waals surface area contributed by atoms with Crippen molar-refractivity contribution in [2.45, 2.75) is 0 Å². The summed E-state index contributed by atoms with van der Waals surface area (Å²) >= 11 is 3.08. The van der Waals surface area contributed by atoms with E-state index in [1.54, 1.807) is 18.2 Å². The van der Waals surface area contributed by atoms with E-state index in [1.807, 2.05) is 0 Å². The Labute approximate surface area is 79.0 Å². The van der Waals surface area contributed by atoms with Crippen LogP contribution in [0, 0.1) is 5.82 Å². The molecule has 0 atom stereocenters. The van der Waals surface area contributed by atoms with Gasteiger partial charge in [0.2, 0.25) is 0 Å². The fourth-order valence-electron chi connectivity index (χ4n) is 0.744. The predicted octanol–water partition coefficient (Wildman–Crippen LogP) is 3.15. The van der Waals surface area contributed by atoms with Gasteiger partial charge in [-0.05, 0) is 28.1 Å². The van der Waals surface area contributed by atoms with Crippen molar-refractivity contribution in [3.8, 4) is 5.75 Å². The van der Waals surface area contributed by atoms with Crippen molar-refractivity contribution in [2.24, 2.45) is 0 Å². The largest absolute Gasteiger partial charge is 0.488 e. The van der Waals surface area contributed by atoms with Crippen molar-refractivity contribution < 1.29 is 9.13 Å². The van der Waals surface area contributed by atoms with E-state index in [9.17, 15) is 4.39 Å². The first-order valence-corrected chi connectivity index (χ1v) is 4.22. The molecular weight excluding hydrogens is 223 g/mol. The molecule has 0 radical (unpaired) electrons. The smallest absolute Gasteiger partial charge is 0.141 e. The average Bonchev–Trinajstić information content (AvgIpc) is 2.08. The van der Waals surface area contributed by atoms with Crippen LogP contribution in [0.15, 0.2) is 35.3 Å². The molecule has 0 spiro atoms. The Bertz CT molecular complexity index is 286. The second kappa shape index (κ2) is 4.26.